The molecule has 2 amide bonds. The van der Waals surface area contributed by atoms with Crippen LogP contribution >= 0.6 is 11.6 Å². The fourth-order valence-electron chi connectivity index (χ4n) is 3.94. The number of rotatable bonds is 14. The van der Waals surface area contributed by atoms with Gasteiger partial charge in [0.2, 0.25) is 21.8 Å². The summed E-state index contributed by atoms with van der Waals surface area (Å²) in [6, 6.07) is 13.3. The van der Waals surface area contributed by atoms with Gasteiger partial charge in [0.25, 0.3) is 0 Å². The van der Waals surface area contributed by atoms with Crippen molar-refractivity contribution in [1.82, 2.24) is 10.2 Å². The number of hydrogen-bond acceptors (Lipinski definition) is 5. The molecular formula is C27H38ClN3O5S. The van der Waals surface area contributed by atoms with E-state index < -0.39 is 16.1 Å². The lowest BCUT2D eigenvalue weighted by Crippen LogP contribution is -2.50. The Kier molecular flexibility index (Phi) is 11.7. The highest BCUT2D eigenvalue weighted by molar-refractivity contribution is 7.92. The summed E-state index contributed by atoms with van der Waals surface area (Å²) < 4.78 is 31.5. The summed E-state index contributed by atoms with van der Waals surface area (Å²) in [6.07, 6.45) is 2.66. The van der Waals surface area contributed by atoms with Gasteiger partial charge in [0, 0.05) is 36.6 Å². The minimum absolute atomic E-state index is 0.0231. The number of nitrogens with zero attached hydrogens (tertiary/aromatic N) is 2. The van der Waals surface area contributed by atoms with Crippen molar-refractivity contribution in [1.29, 1.82) is 0 Å². The van der Waals surface area contributed by atoms with E-state index >= 15 is 0 Å². The zero-order valence-electron chi connectivity index (χ0n) is 22.2. The Balaban J connectivity index is 2.24. The molecule has 1 N–H and O–H groups in total. The molecule has 0 aliphatic carbocycles. The van der Waals surface area contributed by atoms with Crippen molar-refractivity contribution in [2.75, 3.05) is 24.2 Å². The van der Waals surface area contributed by atoms with Crippen molar-refractivity contribution in [3.05, 3.63) is 59.1 Å². The number of sulfonamides is 1. The lowest BCUT2D eigenvalue weighted by atomic mass is 10.1. The fourth-order valence-corrected chi connectivity index (χ4v) is 5.09. The summed E-state index contributed by atoms with van der Waals surface area (Å²) in [5.41, 5.74) is 1.20. The molecule has 0 aliphatic heterocycles. The molecule has 0 bridgehead atoms. The van der Waals surface area contributed by atoms with Crippen LogP contribution in [0.4, 0.5) is 5.69 Å². The monoisotopic (exact) mass is 551 g/mol. The lowest BCUT2D eigenvalue weighted by molar-refractivity contribution is -0.141. The first-order valence-corrected chi connectivity index (χ1v) is 14.7. The van der Waals surface area contributed by atoms with E-state index in [4.69, 9.17) is 16.3 Å². The first-order valence-electron chi connectivity index (χ1n) is 12.5. The number of benzene rings is 2. The zero-order chi connectivity index (χ0) is 27.6. The van der Waals surface area contributed by atoms with Crippen LogP contribution in [0.3, 0.4) is 0 Å². The summed E-state index contributed by atoms with van der Waals surface area (Å²) in [4.78, 5) is 28.1. The molecule has 204 valence electrons. The summed E-state index contributed by atoms with van der Waals surface area (Å²) in [5.74, 6) is 0.0720. The van der Waals surface area contributed by atoms with Crippen LogP contribution in [0.25, 0.3) is 0 Å². The van der Waals surface area contributed by atoms with E-state index in [2.05, 4.69) is 5.32 Å². The highest BCUT2D eigenvalue weighted by Crippen LogP contribution is 2.24. The predicted octanol–water partition coefficient (Wildman–Crippen LogP) is 4.62. The van der Waals surface area contributed by atoms with Crippen molar-refractivity contribution in [3.63, 3.8) is 0 Å². The summed E-state index contributed by atoms with van der Waals surface area (Å²) in [6.45, 7) is 6.05. The Morgan fingerprint density at radius 1 is 1.08 bits per heavy atom. The van der Waals surface area contributed by atoms with Crippen molar-refractivity contribution in [2.24, 2.45) is 0 Å². The molecular weight excluding hydrogens is 514 g/mol. The molecule has 2 rings (SSSR count). The molecule has 0 aromatic heterocycles. The van der Waals surface area contributed by atoms with Crippen LogP contribution in [0.5, 0.6) is 5.75 Å². The van der Waals surface area contributed by atoms with Gasteiger partial charge in [-0.3, -0.25) is 13.9 Å². The smallest absolute Gasteiger partial charge is 0.243 e. The summed E-state index contributed by atoms with van der Waals surface area (Å²) in [7, 11) is -2.08. The Morgan fingerprint density at radius 2 is 1.78 bits per heavy atom. The molecule has 0 radical (unpaired) electrons. The SMILES string of the molecule is CC[C@H](C(=O)N[C@@H](C)CC)N(Cc1ccccc1Cl)C(=O)CCCN(c1cccc(OC)c1)S(C)(=O)=O. The molecule has 2 atom stereocenters. The van der Waals surface area contributed by atoms with Crippen LogP contribution in [0.15, 0.2) is 48.5 Å². The Hall–Kier alpha value is -2.78. The quantitative estimate of drug-likeness (QED) is 0.370. The second-order valence-electron chi connectivity index (χ2n) is 9.00. The number of anilines is 1. The van der Waals surface area contributed by atoms with Crippen LogP contribution in [0, 0.1) is 0 Å². The summed E-state index contributed by atoms with van der Waals surface area (Å²) in [5, 5.41) is 3.49. The molecule has 0 saturated carbocycles. The number of carbonyl (C=O) groups excluding carboxylic acids is 2. The van der Waals surface area contributed by atoms with Gasteiger partial charge in [-0.15, -0.1) is 0 Å². The molecule has 2 aromatic carbocycles. The average molecular weight is 552 g/mol. The van der Waals surface area contributed by atoms with E-state index in [1.807, 2.05) is 39.0 Å². The molecule has 0 fully saturated rings. The number of hydrogen-bond donors (Lipinski definition) is 1. The van der Waals surface area contributed by atoms with Gasteiger partial charge in [0.1, 0.15) is 11.8 Å². The Bertz CT molecular complexity index is 1160. The van der Waals surface area contributed by atoms with Crippen molar-refractivity contribution in [3.8, 4) is 5.75 Å². The zero-order valence-corrected chi connectivity index (χ0v) is 23.8. The van der Waals surface area contributed by atoms with Crippen LogP contribution in [0.1, 0.15) is 52.0 Å². The largest absolute Gasteiger partial charge is 0.497 e. The van der Waals surface area contributed by atoms with Gasteiger partial charge in [0.15, 0.2) is 0 Å². The number of nitrogens with one attached hydrogen (secondary N) is 1. The highest BCUT2D eigenvalue weighted by atomic mass is 35.5. The van der Waals surface area contributed by atoms with E-state index in [9.17, 15) is 18.0 Å². The van der Waals surface area contributed by atoms with E-state index in [1.165, 1.54) is 11.4 Å². The topological polar surface area (TPSA) is 96.0 Å². The van der Waals surface area contributed by atoms with Crippen LogP contribution in [-0.4, -0.2) is 57.1 Å². The molecule has 8 nitrogen and oxygen atoms in total. The van der Waals surface area contributed by atoms with Crippen molar-refractivity contribution in [2.45, 2.75) is 65.1 Å². The number of methoxy groups -OCH3 is 1. The van der Waals surface area contributed by atoms with Gasteiger partial charge in [0.05, 0.1) is 19.1 Å². The predicted molar refractivity (Wildman–Crippen MR) is 148 cm³/mol. The fraction of sp³-hybridized carbons (Fsp3) is 0.481. The van der Waals surface area contributed by atoms with E-state index in [1.54, 1.807) is 35.2 Å². The minimum atomic E-state index is -3.59. The normalized spacial score (nSPS) is 12.9. The first-order chi connectivity index (χ1) is 17.5. The number of ether oxygens (including phenoxy) is 1. The van der Waals surface area contributed by atoms with Gasteiger partial charge in [-0.1, -0.05) is 49.7 Å². The number of amides is 2. The third kappa shape index (κ3) is 8.93. The lowest BCUT2D eigenvalue weighted by Gasteiger charge is -2.32. The Labute approximate surface area is 226 Å². The number of carbonyl (C=O) groups is 2. The second-order valence-corrected chi connectivity index (χ2v) is 11.3. The third-order valence-electron chi connectivity index (χ3n) is 6.18. The molecule has 10 heteroatoms. The van der Waals surface area contributed by atoms with Crippen LogP contribution in [0.2, 0.25) is 5.02 Å². The molecule has 0 unspecified atom stereocenters. The van der Waals surface area contributed by atoms with E-state index in [0.29, 0.717) is 22.9 Å². The standard InChI is InChI=1S/C27H38ClN3O5S/c1-6-20(3)29-27(33)25(7-2)30(19-21-12-8-9-15-24(21)28)26(32)16-11-17-31(37(5,34)35)22-13-10-14-23(18-22)36-4/h8-10,12-15,18,20,25H,6-7,11,16-17,19H2,1-5H3,(H,29,33)/t20-,25+/m0/s1. The minimum Gasteiger partial charge on any atom is -0.497 e. The van der Waals surface area contributed by atoms with Gasteiger partial charge in [-0.2, -0.15) is 0 Å². The maximum absolute atomic E-state index is 13.5. The van der Waals surface area contributed by atoms with Gasteiger partial charge in [-0.05, 0) is 49.9 Å². The average Bonchev–Trinajstić information content (AvgIpc) is 2.86. The molecule has 2 aromatic rings. The number of halogens is 1. The molecule has 0 heterocycles. The third-order valence-corrected chi connectivity index (χ3v) is 7.74. The maximum Gasteiger partial charge on any atom is 0.243 e. The molecule has 37 heavy (non-hydrogen) atoms. The summed E-state index contributed by atoms with van der Waals surface area (Å²) >= 11 is 6.37. The molecule has 0 saturated heterocycles. The van der Waals surface area contributed by atoms with E-state index in [-0.39, 0.29) is 43.8 Å². The maximum atomic E-state index is 13.5. The molecule has 0 spiro atoms. The van der Waals surface area contributed by atoms with Gasteiger partial charge >= 0.3 is 0 Å². The Morgan fingerprint density at radius 3 is 2.38 bits per heavy atom. The highest BCUT2D eigenvalue weighted by Gasteiger charge is 2.30. The van der Waals surface area contributed by atoms with Gasteiger partial charge < -0.3 is 15.0 Å². The second kappa shape index (κ2) is 14.2. The first kappa shape index (κ1) is 30.4. The van der Waals surface area contributed by atoms with E-state index in [0.717, 1.165) is 18.2 Å². The van der Waals surface area contributed by atoms with Crippen LogP contribution in [-0.2, 0) is 26.2 Å². The van der Waals surface area contributed by atoms with Crippen molar-refractivity contribution < 1.29 is 22.7 Å². The van der Waals surface area contributed by atoms with Crippen LogP contribution < -0.4 is 14.4 Å². The molecule has 0 aliphatic rings. The van der Waals surface area contributed by atoms with Crippen molar-refractivity contribution >= 4 is 39.1 Å². The van der Waals surface area contributed by atoms with Gasteiger partial charge in [-0.25, -0.2) is 8.42 Å².